The normalized spacial score (nSPS) is 18.9. The third kappa shape index (κ3) is 3.10. The lowest BCUT2D eigenvalue weighted by Gasteiger charge is -2.35. The van der Waals surface area contributed by atoms with Gasteiger partial charge >= 0.3 is 5.37 Å². The number of fused-ring (bicyclic) bond motifs is 2. The van der Waals surface area contributed by atoms with Gasteiger partial charge in [0.1, 0.15) is 0 Å². The summed E-state index contributed by atoms with van der Waals surface area (Å²) in [6, 6.07) is 14.3. The monoisotopic (exact) mass is 368 g/mol. The van der Waals surface area contributed by atoms with Crippen LogP contribution in [0.15, 0.2) is 42.5 Å². The predicted molar refractivity (Wildman–Crippen MR) is 101 cm³/mol. The van der Waals surface area contributed by atoms with Crippen molar-refractivity contribution in [2.45, 2.75) is 38.9 Å². The fraction of sp³-hybridized carbons (Fsp3) is 0.333. The molecule has 0 bridgehead atoms. The molecule has 4 nitrogen and oxygen atoms in total. The number of nitrogens with zero attached hydrogens (tertiary/aromatic N) is 2. The Morgan fingerprint density at radius 3 is 2.54 bits per heavy atom. The first-order valence-electron chi connectivity index (χ1n) is 8.97. The highest BCUT2D eigenvalue weighted by Crippen LogP contribution is 2.27. The summed E-state index contributed by atoms with van der Waals surface area (Å²) in [7, 11) is 0. The van der Waals surface area contributed by atoms with Crippen molar-refractivity contribution < 1.29 is 9.59 Å². The highest BCUT2D eigenvalue weighted by Gasteiger charge is 2.28. The highest BCUT2D eigenvalue weighted by molar-refractivity contribution is 6.62. The van der Waals surface area contributed by atoms with Gasteiger partial charge in [0.25, 0.3) is 5.91 Å². The van der Waals surface area contributed by atoms with Crippen molar-refractivity contribution in [1.29, 1.82) is 0 Å². The quantitative estimate of drug-likeness (QED) is 0.564. The van der Waals surface area contributed by atoms with E-state index < -0.39 is 5.37 Å². The molecule has 2 aromatic carbocycles. The van der Waals surface area contributed by atoms with Crippen LogP contribution in [0.3, 0.4) is 0 Å². The van der Waals surface area contributed by atoms with Gasteiger partial charge < -0.3 is 9.80 Å². The molecule has 2 amide bonds. The number of halogens is 1. The van der Waals surface area contributed by atoms with Crippen molar-refractivity contribution in [2.75, 3.05) is 6.54 Å². The first kappa shape index (κ1) is 17.1. The van der Waals surface area contributed by atoms with Crippen LogP contribution in [0.1, 0.15) is 39.5 Å². The minimum absolute atomic E-state index is 0.0455. The van der Waals surface area contributed by atoms with Gasteiger partial charge in [-0.15, -0.1) is 0 Å². The van der Waals surface area contributed by atoms with Crippen molar-refractivity contribution >= 4 is 22.9 Å². The van der Waals surface area contributed by atoms with E-state index in [0.717, 1.165) is 18.4 Å². The molecule has 26 heavy (non-hydrogen) atoms. The number of carbonyl (C=O) groups excluding carboxylic acids is 2. The summed E-state index contributed by atoms with van der Waals surface area (Å²) in [6.07, 6.45) is 1.65. The second-order valence-electron chi connectivity index (χ2n) is 7.16. The Labute approximate surface area is 158 Å². The van der Waals surface area contributed by atoms with E-state index in [0.29, 0.717) is 25.2 Å². The molecule has 0 spiro atoms. The molecule has 0 N–H and O–H groups in total. The molecular weight excluding hydrogens is 348 g/mol. The lowest BCUT2D eigenvalue weighted by atomic mass is 9.93. The summed E-state index contributed by atoms with van der Waals surface area (Å²) >= 11 is 5.63. The molecule has 2 aromatic rings. The zero-order valence-corrected chi connectivity index (χ0v) is 15.5. The summed E-state index contributed by atoms with van der Waals surface area (Å²) in [5.41, 5.74) is 5.43. The van der Waals surface area contributed by atoms with Crippen molar-refractivity contribution in [3.05, 3.63) is 70.3 Å². The maximum Gasteiger partial charge on any atom is 0.316 e. The van der Waals surface area contributed by atoms with Gasteiger partial charge in [0.05, 0.1) is 0 Å². The zero-order valence-electron chi connectivity index (χ0n) is 14.7. The molecule has 0 aliphatic carbocycles. The number of carbonyl (C=O) groups is 2. The van der Waals surface area contributed by atoms with Gasteiger partial charge in [-0.25, -0.2) is 0 Å². The fourth-order valence-electron chi connectivity index (χ4n) is 3.96. The van der Waals surface area contributed by atoms with Gasteiger partial charge in [0, 0.05) is 31.2 Å². The molecule has 134 valence electrons. The number of hydrogen-bond donors (Lipinski definition) is 0. The smallest absolute Gasteiger partial charge is 0.316 e. The predicted octanol–water partition coefficient (Wildman–Crippen LogP) is 3.99. The number of benzene rings is 2. The minimum Gasteiger partial charge on any atom is -0.331 e. The molecule has 0 fully saturated rings. The van der Waals surface area contributed by atoms with Gasteiger partial charge in [0.15, 0.2) is 0 Å². The van der Waals surface area contributed by atoms with Crippen molar-refractivity contribution in [1.82, 2.24) is 9.80 Å². The maximum atomic E-state index is 13.1. The molecule has 0 aromatic heterocycles. The lowest BCUT2D eigenvalue weighted by Crippen LogP contribution is -2.42. The summed E-state index contributed by atoms with van der Waals surface area (Å²) < 4.78 is 0. The van der Waals surface area contributed by atoms with Gasteiger partial charge in [-0.2, -0.15) is 0 Å². The molecule has 2 aliphatic rings. The third-order valence-corrected chi connectivity index (χ3v) is 5.72. The summed E-state index contributed by atoms with van der Waals surface area (Å²) in [5, 5.41) is -0.436. The molecule has 0 radical (unpaired) electrons. The number of hydrogen-bond acceptors (Lipinski definition) is 2. The van der Waals surface area contributed by atoms with Crippen LogP contribution in [0.2, 0.25) is 0 Å². The summed E-state index contributed by atoms with van der Waals surface area (Å²) in [6.45, 7) is 3.83. The van der Waals surface area contributed by atoms with Gasteiger partial charge in [0.2, 0.25) is 0 Å². The highest BCUT2D eigenvalue weighted by atomic mass is 35.5. The SMILES string of the molecule is C[C@@H]1Cc2ccccc2CN1C(=O)c1ccc2c(c1)CN(C(=O)Cl)CC2. The summed E-state index contributed by atoms with van der Waals surface area (Å²) in [5.74, 6) is 0.0455. The topological polar surface area (TPSA) is 40.6 Å². The average molecular weight is 369 g/mol. The third-order valence-electron chi connectivity index (χ3n) is 5.48. The first-order valence-corrected chi connectivity index (χ1v) is 9.34. The van der Waals surface area contributed by atoms with E-state index in [1.807, 2.05) is 29.2 Å². The van der Waals surface area contributed by atoms with Crippen LogP contribution in [-0.4, -0.2) is 33.7 Å². The molecule has 0 saturated carbocycles. The molecule has 0 unspecified atom stereocenters. The van der Waals surface area contributed by atoms with Crippen LogP contribution in [0, 0.1) is 0 Å². The zero-order chi connectivity index (χ0) is 18.3. The van der Waals surface area contributed by atoms with Gasteiger partial charge in [-0.05, 0) is 65.8 Å². The van der Waals surface area contributed by atoms with E-state index in [-0.39, 0.29) is 11.9 Å². The Hall–Kier alpha value is -2.33. The van der Waals surface area contributed by atoms with Crippen molar-refractivity contribution in [2.24, 2.45) is 0 Å². The average Bonchev–Trinajstić information content (AvgIpc) is 2.66. The largest absolute Gasteiger partial charge is 0.331 e. The van der Waals surface area contributed by atoms with E-state index in [4.69, 9.17) is 11.6 Å². The first-order chi connectivity index (χ1) is 12.5. The maximum absolute atomic E-state index is 13.1. The van der Waals surface area contributed by atoms with Crippen LogP contribution in [0.25, 0.3) is 0 Å². The van der Waals surface area contributed by atoms with E-state index in [9.17, 15) is 9.59 Å². The minimum atomic E-state index is -0.436. The van der Waals surface area contributed by atoms with Crippen LogP contribution in [-0.2, 0) is 25.9 Å². The second-order valence-corrected chi connectivity index (χ2v) is 7.49. The van der Waals surface area contributed by atoms with E-state index in [1.54, 1.807) is 4.90 Å². The van der Waals surface area contributed by atoms with Crippen molar-refractivity contribution in [3.8, 4) is 0 Å². The molecule has 0 saturated heterocycles. The van der Waals surface area contributed by atoms with Crippen LogP contribution >= 0.6 is 11.6 Å². The molecule has 2 heterocycles. The van der Waals surface area contributed by atoms with E-state index >= 15 is 0 Å². The Morgan fingerprint density at radius 1 is 1.00 bits per heavy atom. The van der Waals surface area contributed by atoms with Gasteiger partial charge in [-0.3, -0.25) is 9.59 Å². The molecule has 5 heteroatoms. The Kier molecular flexibility index (Phi) is 4.45. The van der Waals surface area contributed by atoms with Crippen LogP contribution in [0.5, 0.6) is 0 Å². The molecule has 2 aliphatic heterocycles. The van der Waals surface area contributed by atoms with Gasteiger partial charge in [-0.1, -0.05) is 30.3 Å². The van der Waals surface area contributed by atoms with E-state index in [1.165, 1.54) is 16.7 Å². The second kappa shape index (κ2) is 6.76. The summed E-state index contributed by atoms with van der Waals surface area (Å²) in [4.78, 5) is 28.1. The Balaban J connectivity index is 1.59. The van der Waals surface area contributed by atoms with E-state index in [2.05, 4.69) is 25.1 Å². The van der Waals surface area contributed by atoms with Crippen molar-refractivity contribution in [3.63, 3.8) is 0 Å². The lowest BCUT2D eigenvalue weighted by molar-refractivity contribution is 0.0658. The standard InChI is InChI=1S/C21H21ClN2O2/c1-14-10-16-4-2-3-5-18(16)13-24(14)20(25)17-7-6-15-8-9-23(21(22)26)12-19(15)11-17/h2-7,11,14H,8-10,12-13H2,1H3/t14-/m1/s1. The molecule has 4 rings (SSSR count). The Bertz CT molecular complexity index is 880. The molecular formula is C21H21ClN2O2. The molecule has 1 atom stereocenters. The Morgan fingerprint density at radius 2 is 1.77 bits per heavy atom. The number of amides is 2. The fourth-order valence-corrected chi connectivity index (χ4v) is 4.10. The van der Waals surface area contributed by atoms with Crippen LogP contribution < -0.4 is 0 Å². The van der Waals surface area contributed by atoms with Crippen LogP contribution in [0.4, 0.5) is 4.79 Å². The number of rotatable bonds is 1.